The van der Waals surface area contributed by atoms with Gasteiger partial charge in [-0.2, -0.15) is 0 Å². The highest BCUT2D eigenvalue weighted by atomic mass is 14.6. The molecule has 0 amide bonds. The molecule has 0 heterocycles. The lowest BCUT2D eigenvalue weighted by Gasteiger charge is -2.09. The summed E-state index contributed by atoms with van der Waals surface area (Å²) in [6.45, 7) is 16.2. The van der Waals surface area contributed by atoms with Gasteiger partial charge < -0.3 is 5.73 Å². The second kappa shape index (κ2) is 10.3. The third-order valence-corrected chi connectivity index (χ3v) is 3.68. The fraction of sp³-hybridized carbons (Fsp3) is 0.500. The third-order valence-electron chi connectivity index (χ3n) is 3.68. The Morgan fingerprint density at radius 2 is 1.62 bits per heavy atom. The van der Waals surface area contributed by atoms with Gasteiger partial charge in [0.25, 0.3) is 0 Å². The monoisotopic (exact) mass is 287 g/mol. The number of hydrogen-bond acceptors (Lipinski definition) is 1. The van der Waals surface area contributed by atoms with Crippen LogP contribution in [0.5, 0.6) is 0 Å². The van der Waals surface area contributed by atoms with Crippen molar-refractivity contribution in [2.75, 3.05) is 0 Å². The molecule has 1 heteroatoms. The van der Waals surface area contributed by atoms with Crippen molar-refractivity contribution in [3.8, 4) is 0 Å². The highest BCUT2D eigenvalue weighted by molar-refractivity contribution is 5.50. The van der Waals surface area contributed by atoms with Crippen molar-refractivity contribution < 1.29 is 0 Å². The summed E-state index contributed by atoms with van der Waals surface area (Å²) in [5.41, 5.74) is 13.0. The van der Waals surface area contributed by atoms with Gasteiger partial charge in [-0.15, -0.1) is 0 Å². The van der Waals surface area contributed by atoms with Crippen LogP contribution in [0.15, 0.2) is 58.4 Å². The molecule has 21 heavy (non-hydrogen) atoms. The molecular formula is C20H33N. The van der Waals surface area contributed by atoms with Crippen LogP contribution in [0.2, 0.25) is 0 Å². The lowest BCUT2D eigenvalue weighted by Crippen LogP contribution is -1.98. The van der Waals surface area contributed by atoms with Crippen LogP contribution in [0.3, 0.4) is 0 Å². The molecule has 0 bridgehead atoms. The predicted octanol–water partition coefficient (Wildman–Crippen LogP) is 6.21. The first-order valence-corrected chi connectivity index (χ1v) is 8.12. The highest BCUT2D eigenvalue weighted by Crippen LogP contribution is 2.28. The fourth-order valence-corrected chi connectivity index (χ4v) is 2.36. The van der Waals surface area contributed by atoms with Crippen molar-refractivity contribution >= 4 is 0 Å². The first kappa shape index (κ1) is 19.5. The van der Waals surface area contributed by atoms with E-state index >= 15 is 0 Å². The highest BCUT2D eigenvalue weighted by Gasteiger charge is 2.09. The van der Waals surface area contributed by atoms with Gasteiger partial charge in [-0.1, -0.05) is 38.2 Å². The van der Waals surface area contributed by atoms with Crippen molar-refractivity contribution in [3.05, 3.63) is 58.4 Å². The molecule has 0 spiro atoms. The van der Waals surface area contributed by atoms with E-state index in [0.29, 0.717) is 0 Å². The maximum absolute atomic E-state index is 5.97. The molecule has 1 rings (SSSR count). The number of rotatable bonds is 4. The maximum atomic E-state index is 5.97. The Morgan fingerprint density at radius 1 is 1.10 bits per heavy atom. The Hall–Kier alpha value is -1.50. The number of nitrogens with two attached hydrogens (primary N) is 1. The Bertz CT molecular complexity index is 458. The summed E-state index contributed by atoms with van der Waals surface area (Å²) in [6.07, 6.45) is 11.8. The quantitative estimate of drug-likeness (QED) is 0.611. The van der Waals surface area contributed by atoms with Crippen molar-refractivity contribution in [3.63, 3.8) is 0 Å². The van der Waals surface area contributed by atoms with E-state index in [4.69, 9.17) is 5.73 Å². The van der Waals surface area contributed by atoms with Gasteiger partial charge in [0, 0.05) is 5.70 Å². The van der Waals surface area contributed by atoms with Crippen LogP contribution in [0.4, 0.5) is 0 Å². The molecule has 1 fully saturated rings. The summed E-state index contributed by atoms with van der Waals surface area (Å²) in [7, 11) is 0. The lowest BCUT2D eigenvalue weighted by atomic mass is 9.97. The van der Waals surface area contributed by atoms with Crippen molar-refractivity contribution in [1.82, 2.24) is 0 Å². The second-order valence-corrected chi connectivity index (χ2v) is 5.46. The molecule has 1 aliphatic rings. The summed E-state index contributed by atoms with van der Waals surface area (Å²) >= 11 is 0. The molecule has 118 valence electrons. The summed E-state index contributed by atoms with van der Waals surface area (Å²) in [4.78, 5) is 0. The van der Waals surface area contributed by atoms with Gasteiger partial charge in [-0.25, -0.2) is 0 Å². The molecule has 1 nitrogen and oxygen atoms in total. The minimum Gasteiger partial charge on any atom is -0.402 e. The SMILES string of the molecule is C=C(C)C(/C=C(C=C1CCCC1)\C(C)=C/C)=C(\C)N.CC. The van der Waals surface area contributed by atoms with Crippen LogP contribution in [-0.2, 0) is 0 Å². The standard InChI is InChI=1S/C18H27N.C2H6/c1-6-14(4)17(11-16-9-7-8-10-16)12-18(13(2)3)15(5)19;1-2/h6,11-12H,2,7-10,19H2,1,3-5H3;1-2H3/b14-6-,17-12-,18-15+;. The molecular weight excluding hydrogens is 254 g/mol. The van der Waals surface area contributed by atoms with Crippen molar-refractivity contribution in [2.24, 2.45) is 5.73 Å². The topological polar surface area (TPSA) is 26.0 Å². The summed E-state index contributed by atoms with van der Waals surface area (Å²) in [5.74, 6) is 0. The molecule has 0 radical (unpaired) electrons. The minimum absolute atomic E-state index is 0.832. The molecule has 0 aliphatic heterocycles. The smallest absolute Gasteiger partial charge is 0.0125 e. The van der Waals surface area contributed by atoms with Gasteiger partial charge in [-0.3, -0.25) is 0 Å². The van der Waals surface area contributed by atoms with Crippen LogP contribution in [0.1, 0.15) is 67.2 Å². The van der Waals surface area contributed by atoms with E-state index in [0.717, 1.165) is 16.8 Å². The Labute approximate surface area is 132 Å². The van der Waals surface area contributed by atoms with Crippen LogP contribution in [0.25, 0.3) is 0 Å². The summed E-state index contributed by atoms with van der Waals surface area (Å²) in [6, 6.07) is 0. The van der Waals surface area contributed by atoms with Gasteiger partial charge in [0.1, 0.15) is 0 Å². The number of allylic oxidation sites excluding steroid dienone is 9. The normalized spacial score (nSPS) is 17.0. The van der Waals surface area contributed by atoms with Gasteiger partial charge in [-0.05, 0) is 81.7 Å². The van der Waals surface area contributed by atoms with Gasteiger partial charge in [0.05, 0.1) is 0 Å². The van der Waals surface area contributed by atoms with Crippen LogP contribution in [0, 0.1) is 0 Å². The molecule has 0 aromatic heterocycles. The van der Waals surface area contributed by atoms with E-state index in [9.17, 15) is 0 Å². The molecule has 1 aliphatic carbocycles. The van der Waals surface area contributed by atoms with Crippen molar-refractivity contribution in [1.29, 1.82) is 0 Å². The molecule has 0 atom stereocenters. The van der Waals surface area contributed by atoms with Gasteiger partial charge >= 0.3 is 0 Å². The van der Waals surface area contributed by atoms with Crippen LogP contribution in [-0.4, -0.2) is 0 Å². The maximum Gasteiger partial charge on any atom is 0.0125 e. The molecule has 0 aromatic carbocycles. The average molecular weight is 287 g/mol. The molecule has 2 N–H and O–H groups in total. The second-order valence-electron chi connectivity index (χ2n) is 5.46. The first-order valence-electron chi connectivity index (χ1n) is 8.12. The summed E-state index contributed by atoms with van der Waals surface area (Å²) in [5, 5.41) is 0. The van der Waals surface area contributed by atoms with E-state index in [1.165, 1.54) is 36.8 Å². The van der Waals surface area contributed by atoms with Gasteiger partial charge in [0.15, 0.2) is 0 Å². The van der Waals surface area contributed by atoms with E-state index in [1.54, 1.807) is 5.57 Å². The Morgan fingerprint density at radius 3 is 2.00 bits per heavy atom. The van der Waals surface area contributed by atoms with Crippen molar-refractivity contribution in [2.45, 2.75) is 67.2 Å². The Balaban J connectivity index is 0.00000191. The first-order chi connectivity index (χ1) is 9.95. The van der Waals surface area contributed by atoms with Crippen LogP contribution < -0.4 is 5.73 Å². The van der Waals surface area contributed by atoms with E-state index in [2.05, 4.69) is 38.7 Å². The van der Waals surface area contributed by atoms with E-state index < -0.39 is 0 Å². The molecule has 0 unspecified atom stereocenters. The molecule has 0 saturated heterocycles. The zero-order valence-electron chi connectivity index (χ0n) is 14.8. The van der Waals surface area contributed by atoms with Crippen LogP contribution >= 0.6 is 0 Å². The largest absolute Gasteiger partial charge is 0.402 e. The summed E-state index contributed by atoms with van der Waals surface area (Å²) < 4.78 is 0. The minimum atomic E-state index is 0.832. The zero-order valence-corrected chi connectivity index (χ0v) is 14.8. The fourth-order valence-electron chi connectivity index (χ4n) is 2.36. The predicted molar refractivity (Wildman–Crippen MR) is 97.1 cm³/mol. The van der Waals surface area contributed by atoms with Gasteiger partial charge in [0.2, 0.25) is 0 Å². The third kappa shape index (κ3) is 6.66. The van der Waals surface area contributed by atoms with E-state index in [1.807, 2.05) is 27.7 Å². The molecule has 1 saturated carbocycles. The lowest BCUT2D eigenvalue weighted by molar-refractivity contribution is 0.886. The Kier molecular flexibility index (Phi) is 9.53. The number of hydrogen-bond donors (Lipinski definition) is 1. The van der Waals surface area contributed by atoms with E-state index in [-0.39, 0.29) is 0 Å². The molecule has 0 aromatic rings. The average Bonchev–Trinajstić information content (AvgIpc) is 2.96. The zero-order chi connectivity index (χ0) is 16.4.